The molecule has 0 aromatic heterocycles. The summed E-state index contributed by atoms with van der Waals surface area (Å²) in [7, 11) is 1.57. The molecular weight excluding hydrogens is 134 g/mol. The molecule has 10 heavy (non-hydrogen) atoms. The Kier molecular flexibility index (Phi) is 4.61. The number of ether oxygens (including phenoxy) is 1. The molecule has 0 aliphatic rings. The first-order chi connectivity index (χ1) is 4.70. The standard InChI is InChI=1S/C5H13N3O2/c1-4(3-10-2)7-5(9)8-6/h4H,3,6H2,1-2H3,(H2,7,8,9). The van der Waals surface area contributed by atoms with Crippen molar-refractivity contribution >= 4 is 6.03 Å². The molecule has 0 aromatic rings. The van der Waals surface area contributed by atoms with E-state index in [1.807, 2.05) is 12.3 Å². The maximum Gasteiger partial charge on any atom is 0.329 e. The van der Waals surface area contributed by atoms with Crippen molar-refractivity contribution in [2.45, 2.75) is 13.0 Å². The Bertz CT molecular complexity index is 107. The number of amides is 2. The normalized spacial score (nSPS) is 12.3. The van der Waals surface area contributed by atoms with E-state index in [4.69, 9.17) is 10.6 Å². The molecule has 0 bridgehead atoms. The van der Waals surface area contributed by atoms with Crippen LogP contribution in [0.5, 0.6) is 0 Å². The summed E-state index contributed by atoms with van der Waals surface area (Å²) < 4.78 is 4.77. The summed E-state index contributed by atoms with van der Waals surface area (Å²) >= 11 is 0. The number of hydrogen-bond donors (Lipinski definition) is 3. The van der Waals surface area contributed by atoms with Gasteiger partial charge in [0.15, 0.2) is 0 Å². The second kappa shape index (κ2) is 5.01. The van der Waals surface area contributed by atoms with Gasteiger partial charge in [-0.3, -0.25) is 5.43 Å². The molecule has 1 atom stereocenters. The Balaban J connectivity index is 3.37. The number of nitrogens with two attached hydrogens (primary N) is 1. The molecule has 0 heterocycles. The Hall–Kier alpha value is -0.810. The zero-order chi connectivity index (χ0) is 7.98. The highest BCUT2D eigenvalue weighted by molar-refractivity contribution is 5.73. The van der Waals surface area contributed by atoms with Crippen LogP contribution >= 0.6 is 0 Å². The number of urea groups is 1. The van der Waals surface area contributed by atoms with Gasteiger partial charge in [0, 0.05) is 7.11 Å². The molecular formula is C5H13N3O2. The first kappa shape index (κ1) is 9.19. The van der Waals surface area contributed by atoms with Crippen LogP contribution in [-0.2, 0) is 4.74 Å². The van der Waals surface area contributed by atoms with Gasteiger partial charge in [0.05, 0.1) is 12.6 Å². The molecule has 60 valence electrons. The molecule has 0 saturated carbocycles. The number of rotatable bonds is 3. The van der Waals surface area contributed by atoms with Gasteiger partial charge in [-0.2, -0.15) is 0 Å². The molecule has 0 rings (SSSR count). The average Bonchev–Trinajstić information content (AvgIpc) is 1.88. The van der Waals surface area contributed by atoms with E-state index in [1.54, 1.807) is 7.11 Å². The maximum absolute atomic E-state index is 10.5. The number of carbonyl (C=O) groups excluding carboxylic acids is 1. The third kappa shape index (κ3) is 4.11. The summed E-state index contributed by atoms with van der Waals surface area (Å²) in [6, 6.07) is -0.418. The maximum atomic E-state index is 10.5. The molecule has 0 spiro atoms. The summed E-state index contributed by atoms with van der Waals surface area (Å²) in [5, 5.41) is 2.53. The highest BCUT2D eigenvalue weighted by Gasteiger charge is 2.02. The van der Waals surface area contributed by atoms with Crippen LogP contribution in [0.4, 0.5) is 4.79 Å². The van der Waals surface area contributed by atoms with Gasteiger partial charge in [0.2, 0.25) is 0 Å². The Morgan fingerprint density at radius 1 is 1.80 bits per heavy atom. The number of hydrogen-bond acceptors (Lipinski definition) is 3. The van der Waals surface area contributed by atoms with Crippen molar-refractivity contribution in [3.63, 3.8) is 0 Å². The van der Waals surface area contributed by atoms with Gasteiger partial charge in [-0.1, -0.05) is 0 Å². The second-order valence-electron chi connectivity index (χ2n) is 1.97. The van der Waals surface area contributed by atoms with Crippen molar-refractivity contribution < 1.29 is 9.53 Å². The smallest absolute Gasteiger partial charge is 0.329 e. The van der Waals surface area contributed by atoms with Gasteiger partial charge >= 0.3 is 6.03 Å². The quantitative estimate of drug-likeness (QED) is 0.278. The summed E-state index contributed by atoms with van der Waals surface area (Å²) in [6.45, 7) is 2.30. The largest absolute Gasteiger partial charge is 0.383 e. The molecule has 2 amide bonds. The lowest BCUT2D eigenvalue weighted by molar-refractivity contribution is 0.171. The molecule has 5 nitrogen and oxygen atoms in total. The Morgan fingerprint density at radius 2 is 2.40 bits per heavy atom. The molecule has 0 aliphatic heterocycles. The van der Waals surface area contributed by atoms with Crippen LogP contribution in [0.1, 0.15) is 6.92 Å². The van der Waals surface area contributed by atoms with E-state index in [1.165, 1.54) is 0 Å². The van der Waals surface area contributed by atoms with E-state index in [-0.39, 0.29) is 6.04 Å². The Morgan fingerprint density at radius 3 is 2.80 bits per heavy atom. The summed E-state index contributed by atoms with van der Waals surface area (Å²) in [5.41, 5.74) is 1.95. The lowest BCUT2D eigenvalue weighted by Crippen LogP contribution is -2.45. The highest BCUT2D eigenvalue weighted by Crippen LogP contribution is 1.80. The summed E-state index contributed by atoms with van der Waals surface area (Å²) in [4.78, 5) is 10.5. The fraction of sp³-hybridized carbons (Fsp3) is 0.800. The van der Waals surface area contributed by atoms with Gasteiger partial charge < -0.3 is 10.1 Å². The zero-order valence-corrected chi connectivity index (χ0v) is 6.18. The molecule has 0 fully saturated rings. The van der Waals surface area contributed by atoms with Gasteiger partial charge in [-0.25, -0.2) is 10.6 Å². The first-order valence-corrected chi connectivity index (χ1v) is 2.96. The highest BCUT2D eigenvalue weighted by atomic mass is 16.5. The van der Waals surface area contributed by atoms with Crippen molar-refractivity contribution in [2.75, 3.05) is 13.7 Å². The fourth-order valence-corrected chi connectivity index (χ4v) is 0.557. The monoisotopic (exact) mass is 147 g/mol. The molecule has 1 unspecified atom stereocenters. The summed E-state index contributed by atoms with van der Waals surface area (Å²) in [6.07, 6.45) is 0. The SMILES string of the molecule is COCC(C)NC(=O)NN. The number of carbonyl (C=O) groups is 1. The predicted octanol–water partition coefficient (Wildman–Crippen LogP) is -0.806. The second-order valence-corrected chi connectivity index (χ2v) is 1.97. The topological polar surface area (TPSA) is 76.4 Å². The molecule has 0 aliphatic carbocycles. The third-order valence-corrected chi connectivity index (χ3v) is 0.925. The van der Waals surface area contributed by atoms with E-state index in [0.717, 1.165) is 0 Å². The minimum Gasteiger partial charge on any atom is -0.383 e. The number of nitrogens with one attached hydrogen (secondary N) is 2. The van der Waals surface area contributed by atoms with Crippen LogP contribution in [0.25, 0.3) is 0 Å². The van der Waals surface area contributed by atoms with E-state index >= 15 is 0 Å². The Labute approximate surface area is 59.9 Å². The van der Waals surface area contributed by atoms with Crippen molar-refractivity contribution in [3.8, 4) is 0 Å². The van der Waals surface area contributed by atoms with E-state index in [2.05, 4.69) is 5.32 Å². The minimum atomic E-state index is -0.399. The van der Waals surface area contributed by atoms with Crippen molar-refractivity contribution in [1.29, 1.82) is 0 Å². The number of methoxy groups -OCH3 is 1. The molecule has 0 aromatic carbocycles. The third-order valence-electron chi connectivity index (χ3n) is 0.925. The minimum absolute atomic E-state index is 0.0199. The van der Waals surface area contributed by atoms with E-state index in [9.17, 15) is 4.79 Å². The lowest BCUT2D eigenvalue weighted by Gasteiger charge is -2.11. The van der Waals surface area contributed by atoms with Crippen molar-refractivity contribution in [2.24, 2.45) is 5.84 Å². The van der Waals surface area contributed by atoms with E-state index < -0.39 is 6.03 Å². The van der Waals surface area contributed by atoms with Crippen molar-refractivity contribution in [1.82, 2.24) is 10.7 Å². The molecule has 4 N–H and O–H groups in total. The fourth-order valence-electron chi connectivity index (χ4n) is 0.557. The van der Waals surface area contributed by atoms with Crippen molar-refractivity contribution in [3.05, 3.63) is 0 Å². The number of hydrazine groups is 1. The molecule has 0 radical (unpaired) electrons. The van der Waals surface area contributed by atoms with Gasteiger partial charge in [-0.15, -0.1) is 0 Å². The van der Waals surface area contributed by atoms with Crippen LogP contribution in [-0.4, -0.2) is 25.8 Å². The van der Waals surface area contributed by atoms with Gasteiger partial charge in [0.25, 0.3) is 0 Å². The van der Waals surface area contributed by atoms with Crippen LogP contribution in [0.2, 0.25) is 0 Å². The van der Waals surface area contributed by atoms with Crippen LogP contribution in [0.3, 0.4) is 0 Å². The molecule has 0 saturated heterocycles. The average molecular weight is 147 g/mol. The van der Waals surface area contributed by atoms with Gasteiger partial charge in [-0.05, 0) is 6.92 Å². The van der Waals surface area contributed by atoms with Crippen LogP contribution < -0.4 is 16.6 Å². The van der Waals surface area contributed by atoms with Crippen LogP contribution in [0.15, 0.2) is 0 Å². The lowest BCUT2D eigenvalue weighted by atomic mass is 10.4. The molecule has 5 heteroatoms. The van der Waals surface area contributed by atoms with Gasteiger partial charge in [0.1, 0.15) is 0 Å². The van der Waals surface area contributed by atoms with E-state index in [0.29, 0.717) is 6.61 Å². The first-order valence-electron chi connectivity index (χ1n) is 2.96. The zero-order valence-electron chi connectivity index (χ0n) is 6.18. The summed E-state index contributed by atoms with van der Waals surface area (Å²) in [5.74, 6) is 4.81. The van der Waals surface area contributed by atoms with Crippen LogP contribution in [0, 0.1) is 0 Å². The predicted molar refractivity (Wildman–Crippen MR) is 37.2 cm³/mol.